The Morgan fingerprint density at radius 3 is 2.42 bits per heavy atom. The maximum Gasteiger partial charge on any atom is 0.264 e. The van der Waals surface area contributed by atoms with E-state index in [0.717, 1.165) is 6.26 Å². The molecule has 1 fully saturated rings. The molecule has 6 heteroatoms. The second-order valence-corrected chi connectivity index (χ2v) is 4.62. The van der Waals surface area contributed by atoms with Gasteiger partial charge in [-0.15, -0.1) is 0 Å². The summed E-state index contributed by atoms with van der Waals surface area (Å²) in [5.41, 5.74) is 0. The Morgan fingerprint density at radius 2 is 2.08 bits per heavy atom. The third-order valence-corrected chi connectivity index (χ3v) is 2.29. The van der Waals surface area contributed by atoms with Crippen LogP contribution in [-0.2, 0) is 14.3 Å². The molecule has 1 rings (SSSR count). The van der Waals surface area contributed by atoms with Gasteiger partial charge in [-0.25, -0.2) is 8.78 Å². The lowest BCUT2D eigenvalue weighted by Gasteiger charge is -2.09. The molecule has 0 radical (unpaired) electrons. The maximum atomic E-state index is 12.5. The molecule has 1 aliphatic carbocycles. The molecule has 0 amide bonds. The molecule has 0 bridgehead atoms. The molecule has 72 valence electrons. The van der Waals surface area contributed by atoms with Gasteiger partial charge in [0.2, 0.25) is 0 Å². The fourth-order valence-electron chi connectivity index (χ4n) is 1.24. The first kappa shape index (κ1) is 9.85. The molecule has 0 aromatic carbocycles. The van der Waals surface area contributed by atoms with Crippen LogP contribution < -0.4 is 0 Å². The van der Waals surface area contributed by atoms with Crippen molar-refractivity contribution in [2.75, 3.05) is 6.26 Å². The smallest absolute Gasteiger partial charge is 0.264 e. The van der Waals surface area contributed by atoms with E-state index in [1.165, 1.54) is 0 Å². The molecular formula is C6H10F2O3S. The number of halogens is 2. The summed E-state index contributed by atoms with van der Waals surface area (Å²) in [4.78, 5) is 0. The van der Waals surface area contributed by atoms with E-state index in [9.17, 15) is 17.2 Å². The highest BCUT2D eigenvalue weighted by molar-refractivity contribution is 7.86. The van der Waals surface area contributed by atoms with Crippen molar-refractivity contribution in [3.63, 3.8) is 0 Å². The van der Waals surface area contributed by atoms with Crippen molar-refractivity contribution in [3.8, 4) is 0 Å². The summed E-state index contributed by atoms with van der Waals surface area (Å²) < 4.78 is 50.5. The number of hydrogen-bond acceptors (Lipinski definition) is 3. The van der Waals surface area contributed by atoms with Crippen LogP contribution in [0.3, 0.4) is 0 Å². The minimum Gasteiger partial charge on any atom is -0.267 e. The Hall–Kier alpha value is -0.230. The van der Waals surface area contributed by atoms with E-state index in [4.69, 9.17) is 0 Å². The van der Waals surface area contributed by atoms with Crippen molar-refractivity contribution >= 4 is 10.1 Å². The first-order valence-corrected chi connectivity index (χ1v) is 5.36. The molecule has 0 heterocycles. The van der Waals surface area contributed by atoms with Crippen LogP contribution >= 0.6 is 0 Å². The van der Waals surface area contributed by atoms with Crippen LogP contribution in [0.25, 0.3) is 0 Å². The summed E-state index contributed by atoms with van der Waals surface area (Å²) in [6.45, 7) is 0. The quantitative estimate of drug-likeness (QED) is 0.628. The molecule has 12 heavy (non-hydrogen) atoms. The first-order valence-electron chi connectivity index (χ1n) is 3.55. The first-order chi connectivity index (χ1) is 5.29. The van der Waals surface area contributed by atoms with Gasteiger partial charge in [-0.05, 0) is 6.42 Å². The van der Waals surface area contributed by atoms with Gasteiger partial charge in [0.05, 0.1) is 12.4 Å². The summed E-state index contributed by atoms with van der Waals surface area (Å²) in [6.07, 6.45) is -0.633. The fraction of sp³-hybridized carbons (Fsp3) is 1.00. The predicted molar refractivity (Wildman–Crippen MR) is 38.5 cm³/mol. The Kier molecular flexibility index (Phi) is 2.40. The third-order valence-electron chi connectivity index (χ3n) is 1.67. The summed E-state index contributed by atoms with van der Waals surface area (Å²) in [6, 6.07) is 0. The Bertz CT molecular complexity index is 260. The second kappa shape index (κ2) is 2.92. The van der Waals surface area contributed by atoms with Gasteiger partial charge < -0.3 is 0 Å². The van der Waals surface area contributed by atoms with Gasteiger partial charge in [0.15, 0.2) is 0 Å². The van der Waals surface area contributed by atoms with Gasteiger partial charge in [0.25, 0.3) is 16.0 Å². The second-order valence-electron chi connectivity index (χ2n) is 3.02. The molecular weight excluding hydrogens is 190 g/mol. The lowest BCUT2D eigenvalue weighted by molar-refractivity contribution is -0.000356. The van der Waals surface area contributed by atoms with Gasteiger partial charge in [0, 0.05) is 12.8 Å². The molecule has 3 nitrogen and oxygen atoms in total. The average Bonchev–Trinajstić information content (AvgIpc) is 2.05. The predicted octanol–water partition coefficient (Wildman–Crippen LogP) is 1.15. The normalized spacial score (nSPS) is 29.1. The molecule has 1 saturated carbocycles. The molecule has 0 aromatic heterocycles. The molecule has 1 aliphatic rings. The molecule has 0 spiro atoms. The van der Waals surface area contributed by atoms with E-state index in [0.29, 0.717) is 0 Å². The minimum atomic E-state index is -3.59. The van der Waals surface area contributed by atoms with Crippen molar-refractivity contribution in [1.82, 2.24) is 0 Å². The standard InChI is InChI=1S/C6H10F2O3S/c1-12(9,10)11-5-2-3-6(7,8)4-5/h5H,2-4H2,1H3. The van der Waals surface area contributed by atoms with Crippen molar-refractivity contribution < 1.29 is 21.4 Å². The highest BCUT2D eigenvalue weighted by Crippen LogP contribution is 2.36. The fourth-order valence-corrected chi connectivity index (χ4v) is 1.90. The van der Waals surface area contributed by atoms with Crippen LogP contribution in [0.15, 0.2) is 0 Å². The monoisotopic (exact) mass is 200 g/mol. The largest absolute Gasteiger partial charge is 0.267 e. The van der Waals surface area contributed by atoms with Crippen molar-refractivity contribution in [1.29, 1.82) is 0 Å². The zero-order chi connectivity index (χ0) is 9.41. The highest BCUT2D eigenvalue weighted by atomic mass is 32.2. The molecule has 0 aliphatic heterocycles. The molecule has 1 atom stereocenters. The third kappa shape index (κ3) is 3.02. The van der Waals surface area contributed by atoms with Crippen LogP contribution in [0.5, 0.6) is 0 Å². The van der Waals surface area contributed by atoms with Gasteiger partial charge in [0.1, 0.15) is 0 Å². The van der Waals surface area contributed by atoms with Crippen LogP contribution in [0.4, 0.5) is 8.78 Å². The van der Waals surface area contributed by atoms with Gasteiger partial charge in [-0.2, -0.15) is 8.42 Å². The van der Waals surface area contributed by atoms with E-state index in [2.05, 4.69) is 4.18 Å². The van der Waals surface area contributed by atoms with Crippen LogP contribution in [-0.4, -0.2) is 26.7 Å². The molecule has 1 unspecified atom stereocenters. The summed E-state index contributed by atoms with van der Waals surface area (Å²) in [5.74, 6) is -2.75. The summed E-state index contributed by atoms with van der Waals surface area (Å²) in [5, 5.41) is 0. The maximum absolute atomic E-state index is 12.5. The highest BCUT2D eigenvalue weighted by Gasteiger charge is 2.41. The zero-order valence-electron chi connectivity index (χ0n) is 6.59. The Balaban J connectivity index is 2.49. The van der Waals surface area contributed by atoms with Crippen molar-refractivity contribution in [3.05, 3.63) is 0 Å². The minimum absolute atomic E-state index is 0.111. The van der Waals surface area contributed by atoms with E-state index < -0.39 is 28.6 Å². The summed E-state index contributed by atoms with van der Waals surface area (Å²) in [7, 11) is -3.59. The number of hydrogen-bond donors (Lipinski definition) is 0. The van der Waals surface area contributed by atoms with E-state index >= 15 is 0 Å². The molecule has 0 N–H and O–H groups in total. The summed E-state index contributed by atoms with van der Waals surface area (Å²) >= 11 is 0. The van der Waals surface area contributed by atoms with Crippen molar-refractivity contribution in [2.45, 2.75) is 31.3 Å². The number of rotatable bonds is 2. The topological polar surface area (TPSA) is 43.4 Å². The average molecular weight is 200 g/mol. The van der Waals surface area contributed by atoms with Crippen molar-refractivity contribution in [2.24, 2.45) is 0 Å². The van der Waals surface area contributed by atoms with E-state index in [1.54, 1.807) is 0 Å². The Labute approximate surface area is 69.8 Å². The van der Waals surface area contributed by atoms with Gasteiger partial charge in [-0.1, -0.05) is 0 Å². The lowest BCUT2D eigenvalue weighted by atomic mass is 10.3. The van der Waals surface area contributed by atoms with Crippen LogP contribution in [0.1, 0.15) is 19.3 Å². The number of alkyl halides is 2. The lowest BCUT2D eigenvalue weighted by Crippen LogP contribution is -2.17. The Morgan fingerprint density at radius 1 is 1.50 bits per heavy atom. The van der Waals surface area contributed by atoms with Crippen LogP contribution in [0, 0.1) is 0 Å². The van der Waals surface area contributed by atoms with Gasteiger partial charge in [-0.3, -0.25) is 4.18 Å². The van der Waals surface area contributed by atoms with Gasteiger partial charge >= 0.3 is 0 Å². The molecule has 0 saturated heterocycles. The zero-order valence-corrected chi connectivity index (χ0v) is 7.40. The van der Waals surface area contributed by atoms with E-state index in [1.807, 2.05) is 0 Å². The SMILES string of the molecule is CS(=O)(=O)OC1CCC(F)(F)C1. The van der Waals surface area contributed by atoms with E-state index in [-0.39, 0.29) is 12.8 Å². The molecule has 0 aromatic rings. The van der Waals surface area contributed by atoms with Crippen LogP contribution in [0.2, 0.25) is 0 Å².